The molecule has 24 heavy (non-hydrogen) atoms. The Hall–Kier alpha value is -1.24. The van der Waals surface area contributed by atoms with Crippen LogP contribution in [0.15, 0.2) is 0 Å². The number of hydrogen-bond acceptors (Lipinski definition) is 5. The number of amides is 2. The number of rotatable bonds is 5. The summed E-state index contributed by atoms with van der Waals surface area (Å²) in [7, 11) is 0. The van der Waals surface area contributed by atoms with E-state index in [0.29, 0.717) is 12.3 Å². The molecule has 6 nitrogen and oxygen atoms in total. The molecule has 0 atom stereocenters. The summed E-state index contributed by atoms with van der Waals surface area (Å²) in [4.78, 5) is 37.0. The Labute approximate surface area is 146 Å². The fourth-order valence-corrected chi connectivity index (χ4v) is 6.34. The first-order valence-electron chi connectivity index (χ1n) is 8.90. The molecule has 0 unspecified atom stereocenters. The fraction of sp³-hybridized carbons (Fsp3) is 0.824. The lowest BCUT2D eigenvalue weighted by molar-refractivity contribution is -0.150. The van der Waals surface area contributed by atoms with Gasteiger partial charge >= 0.3 is 5.97 Å². The van der Waals surface area contributed by atoms with E-state index in [9.17, 15) is 14.4 Å². The van der Waals surface area contributed by atoms with Gasteiger partial charge in [-0.25, -0.2) is 0 Å². The molecule has 0 aromatic heterocycles. The van der Waals surface area contributed by atoms with Crippen molar-refractivity contribution in [3.63, 3.8) is 0 Å². The summed E-state index contributed by atoms with van der Waals surface area (Å²) in [5.41, 5.74) is -0.0558. The van der Waals surface area contributed by atoms with E-state index in [4.69, 9.17) is 4.74 Å². The molecule has 0 radical (unpaired) electrons. The molecule has 1 heterocycles. The maximum absolute atomic E-state index is 12.3. The predicted octanol–water partition coefficient (Wildman–Crippen LogP) is 1.78. The van der Waals surface area contributed by atoms with Gasteiger partial charge in [0.15, 0.2) is 6.61 Å². The second kappa shape index (κ2) is 6.24. The van der Waals surface area contributed by atoms with E-state index < -0.39 is 5.97 Å². The highest BCUT2D eigenvalue weighted by Crippen LogP contribution is 2.55. The van der Waals surface area contributed by atoms with Crippen molar-refractivity contribution >= 4 is 28.9 Å². The zero-order chi connectivity index (χ0) is 16.7. The Balaban J connectivity index is 1.25. The molecule has 132 valence electrons. The minimum Gasteiger partial charge on any atom is -0.454 e. The quantitative estimate of drug-likeness (QED) is 0.764. The van der Waals surface area contributed by atoms with Gasteiger partial charge in [0, 0.05) is 17.8 Å². The fourth-order valence-electron chi connectivity index (χ4n) is 5.51. The van der Waals surface area contributed by atoms with E-state index in [-0.39, 0.29) is 29.8 Å². The largest absolute Gasteiger partial charge is 0.454 e. The molecule has 5 fully saturated rings. The lowest BCUT2D eigenvalue weighted by Gasteiger charge is -2.56. The summed E-state index contributed by atoms with van der Waals surface area (Å²) in [5, 5.41) is 3.09. The van der Waals surface area contributed by atoms with Crippen LogP contribution in [0.1, 0.15) is 38.5 Å². The summed E-state index contributed by atoms with van der Waals surface area (Å²) in [6.07, 6.45) is 7.22. The lowest BCUT2D eigenvalue weighted by atomic mass is 9.53. The minimum absolute atomic E-state index is 0.0558. The number of esters is 1. The standard InChI is InChI=1S/C17H24N2O4S/c20-14(10-23-15(21)9-19-1-2-24-16(19)22)18-17-6-11-3-12(7-17)5-13(4-11)8-17/h11-13H,1-10H2,(H,18,20). The van der Waals surface area contributed by atoms with Crippen molar-refractivity contribution in [3.05, 3.63) is 0 Å². The maximum atomic E-state index is 12.3. The molecule has 5 rings (SSSR count). The van der Waals surface area contributed by atoms with Crippen molar-refractivity contribution in [2.75, 3.05) is 25.4 Å². The molecule has 4 bridgehead atoms. The Bertz CT molecular complexity index is 530. The number of carbonyl (C=O) groups is 3. The van der Waals surface area contributed by atoms with Crippen LogP contribution in [-0.4, -0.2) is 53.0 Å². The first-order chi connectivity index (χ1) is 11.5. The van der Waals surface area contributed by atoms with Crippen LogP contribution < -0.4 is 5.32 Å². The van der Waals surface area contributed by atoms with Gasteiger partial charge in [0.05, 0.1) is 0 Å². The number of hydrogen-bond donors (Lipinski definition) is 1. The molecule has 1 N–H and O–H groups in total. The topological polar surface area (TPSA) is 75.7 Å². The first kappa shape index (κ1) is 16.2. The second-order valence-electron chi connectivity index (χ2n) is 7.94. The summed E-state index contributed by atoms with van der Waals surface area (Å²) in [5.74, 6) is 2.28. The van der Waals surface area contributed by atoms with Gasteiger partial charge in [-0.2, -0.15) is 0 Å². The molecular weight excluding hydrogens is 328 g/mol. The molecule has 4 aliphatic carbocycles. The van der Waals surface area contributed by atoms with E-state index in [0.717, 1.165) is 37.0 Å². The van der Waals surface area contributed by atoms with Gasteiger partial charge in [0.25, 0.3) is 11.1 Å². The summed E-state index contributed by atoms with van der Waals surface area (Å²) >= 11 is 1.21. The van der Waals surface area contributed by atoms with E-state index >= 15 is 0 Å². The third kappa shape index (κ3) is 3.27. The first-order valence-corrected chi connectivity index (χ1v) is 9.88. The summed E-state index contributed by atoms with van der Waals surface area (Å²) in [6.45, 7) is 0.268. The molecule has 2 amide bonds. The molecule has 7 heteroatoms. The highest BCUT2D eigenvalue weighted by atomic mass is 32.2. The van der Waals surface area contributed by atoms with Gasteiger partial charge in [-0.1, -0.05) is 11.8 Å². The monoisotopic (exact) mass is 352 g/mol. The van der Waals surface area contributed by atoms with Crippen molar-refractivity contribution in [2.45, 2.75) is 44.1 Å². The highest BCUT2D eigenvalue weighted by molar-refractivity contribution is 8.13. The molecule has 0 spiro atoms. The van der Waals surface area contributed by atoms with Crippen molar-refractivity contribution in [3.8, 4) is 0 Å². The minimum atomic E-state index is -0.508. The molecule has 5 aliphatic rings. The van der Waals surface area contributed by atoms with E-state index in [2.05, 4.69) is 5.32 Å². The van der Waals surface area contributed by atoms with Crippen LogP contribution in [0.25, 0.3) is 0 Å². The molecule has 0 aromatic carbocycles. The van der Waals surface area contributed by atoms with E-state index in [1.807, 2.05) is 0 Å². The molecule has 4 saturated carbocycles. The second-order valence-corrected chi connectivity index (χ2v) is 8.99. The maximum Gasteiger partial charge on any atom is 0.326 e. The SMILES string of the molecule is O=C(COC(=O)CN1CCSC1=O)NC12CC3CC(CC(C3)C1)C2. The van der Waals surface area contributed by atoms with Crippen LogP contribution in [0.3, 0.4) is 0 Å². The normalized spacial score (nSPS) is 36.9. The molecule has 0 aromatic rings. The van der Waals surface area contributed by atoms with Crippen LogP contribution in [0.4, 0.5) is 4.79 Å². The van der Waals surface area contributed by atoms with Gasteiger partial charge in [-0.05, 0) is 56.3 Å². The van der Waals surface area contributed by atoms with Gasteiger partial charge in [0.1, 0.15) is 6.54 Å². The Morgan fingerprint density at radius 1 is 1.17 bits per heavy atom. The third-order valence-corrected chi connectivity index (χ3v) is 6.86. The van der Waals surface area contributed by atoms with Crippen molar-refractivity contribution in [1.82, 2.24) is 10.2 Å². The van der Waals surface area contributed by atoms with Gasteiger partial charge in [-0.15, -0.1) is 0 Å². The number of thioether (sulfide) groups is 1. The van der Waals surface area contributed by atoms with Crippen LogP contribution >= 0.6 is 11.8 Å². The van der Waals surface area contributed by atoms with Crippen molar-refractivity contribution in [1.29, 1.82) is 0 Å². The predicted molar refractivity (Wildman–Crippen MR) is 89.4 cm³/mol. The van der Waals surface area contributed by atoms with Gasteiger partial charge in [-0.3, -0.25) is 14.4 Å². The highest BCUT2D eigenvalue weighted by Gasteiger charge is 2.51. The van der Waals surface area contributed by atoms with E-state index in [1.54, 1.807) is 0 Å². The molecular formula is C17H24N2O4S. The molecule has 1 saturated heterocycles. The zero-order valence-electron chi connectivity index (χ0n) is 13.8. The van der Waals surface area contributed by atoms with E-state index in [1.165, 1.54) is 35.9 Å². The Morgan fingerprint density at radius 2 is 1.79 bits per heavy atom. The smallest absolute Gasteiger partial charge is 0.326 e. The van der Waals surface area contributed by atoms with Crippen LogP contribution in [-0.2, 0) is 14.3 Å². The average molecular weight is 352 g/mol. The lowest BCUT2D eigenvalue weighted by Crippen LogP contribution is -2.60. The van der Waals surface area contributed by atoms with Gasteiger partial charge in [0.2, 0.25) is 0 Å². The van der Waals surface area contributed by atoms with Crippen molar-refractivity contribution in [2.24, 2.45) is 17.8 Å². The summed E-state index contributed by atoms with van der Waals surface area (Å²) < 4.78 is 5.07. The third-order valence-electron chi connectivity index (χ3n) is 5.97. The van der Waals surface area contributed by atoms with Crippen LogP contribution in [0, 0.1) is 17.8 Å². The summed E-state index contributed by atoms with van der Waals surface area (Å²) in [6, 6.07) is 0. The number of nitrogens with one attached hydrogen (secondary N) is 1. The Kier molecular flexibility index (Phi) is 4.22. The average Bonchev–Trinajstić information content (AvgIpc) is 2.88. The number of carbonyl (C=O) groups excluding carboxylic acids is 3. The Morgan fingerprint density at radius 3 is 2.33 bits per heavy atom. The van der Waals surface area contributed by atoms with Crippen molar-refractivity contribution < 1.29 is 19.1 Å². The van der Waals surface area contributed by atoms with Gasteiger partial charge < -0.3 is 15.0 Å². The number of ether oxygens (including phenoxy) is 1. The molecule has 1 aliphatic heterocycles. The van der Waals surface area contributed by atoms with Crippen LogP contribution in [0.2, 0.25) is 0 Å². The number of nitrogens with zero attached hydrogens (tertiary/aromatic N) is 1. The zero-order valence-corrected chi connectivity index (χ0v) is 14.6. The van der Waals surface area contributed by atoms with Crippen LogP contribution in [0.5, 0.6) is 0 Å².